The quantitative estimate of drug-likeness (QED) is 0.471. The van der Waals surface area contributed by atoms with Gasteiger partial charge in [-0.1, -0.05) is 0 Å². The lowest BCUT2D eigenvalue weighted by Gasteiger charge is -2.32. The van der Waals surface area contributed by atoms with Crippen LogP contribution in [-0.4, -0.2) is 38.2 Å². The number of benzene rings is 1. The number of halogens is 1. The van der Waals surface area contributed by atoms with Crippen LogP contribution >= 0.6 is 0 Å². The first kappa shape index (κ1) is 17.5. The normalized spacial score (nSPS) is 13.6. The van der Waals surface area contributed by atoms with E-state index in [4.69, 9.17) is 4.74 Å². The molecule has 1 saturated heterocycles. The minimum Gasteiger partial charge on any atom is -0.421 e. The van der Waals surface area contributed by atoms with Crippen LogP contribution in [0.1, 0.15) is 17.8 Å². The van der Waals surface area contributed by atoms with Gasteiger partial charge in [0.05, 0.1) is 0 Å². The van der Waals surface area contributed by atoms with Crippen LogP contribution < -0.4 is 15.0 Å². The van der Waals surface area contributed by atoms with Gasteiger partial charge in [-0.05, 0) is 38.5 Å². The zero-order valence-corrected chi connectivity index (χ0v) is 16.1. The highest BCUT2D eigenvalue weighted by Crippen LogP contribution is 2.31. The molecule has 4 aromatic rings. The summed E-state index contributed by atoms with van der Waals surface area (Å²) in [5.41, 5.74) is 2.53. The van der Waals surface area contributed by atoms with E-state index in [9.17, 15) is 4.39 Å². The zero-order chi connectivity index (χ0) is 20.0. The van der Waals surface area contributed by atoms with E-state index in [1.807, 2.05) is 26.0 Å². The van der Waals surface area contributed by atoms with Crippen LogP contribution in [0, 0.1) is 19.7 Å². The lowest BCUT2D eigenvalue weighted by molar-refractivity contribution is 0.413. The number of rotatable bonds is 5. The standard InChI is InChI=1S/C20H20FN7O/c1-11-8-13-14(22-11)4-5-15(19(13)21)29-20-24-16(23-17-9-12(2)26-27-17)10-18(25-20)28-6-3-7-28/h4-5,8-10,22H,3,6-7H2,1-2H3,(H2,23,24,25,26,27). The summed E-state index contributed by atoms with van der Waals surface area (Å²) in [6.45, 7) is 5.63. The van der Waals surface area contributed by atoms with Crippen molar-refractivity contribution in [2.45, 2.75) is 20.3 Å². The number of hydrogen-bond acceptors (Lipinski definition) is 6. The fraction of sp³-hybridized carbons (Fsp3) is 0.250. The Hall–Kier alpha value is -3.62. The summed E-state index contributed by atoms with van der Waals surface area (Å²) in [7, 11) is 0. The van der Waals surface area contributed by atoms with Gasteiger partial charge in [0.1, 0.15) is 11.6 Å². The topological polar surface area (TPSA) is 94.8 Å². The third-order valence-electron chi connectivity index (χ3n) is 4.87. The Kier molecular flexibility index (Phi) is 4.08. The molecule has 1 aromatic carbocycles. The number of nitrogens with zero attached hydrogens (tertiary/aromatic N) is 4. The van der Waals surface area contributed by atoms with Crippen LogP contribution in [0.15, 0.2) is 30.3 Å². The Morgan fingerprint density at radius 2 is 1.93 bits per heavy atom. The average Bonchev–Trinajstić information content (AvgIpc) is 3.21. The van der Waals surface area contributed by atoms with Gasteiger partial charge in [0.15, 0.2) is 17.4 Å². The van der Waals surface area contributed by atoms with Crippen molar-refractivity contribution in [3.05, 3.63) is 47.5 Å². The van der Waals surface area contributed by atoms with Gasteiger partial charge in [0.25, 0.3) is 0 Å². The number of ether oxygens (including phenoxy) is 1. The van der Waals surface area contributed by atoms with Gasteiger partial charge in [-0.2, -0.15) is 15.1 Å². The molecule has 4 heterocycles. The van der Waals surface area contributed by atoms with E-state index in [-0.39, 0.29) is 11.8 Å². The summed E-state index contributed by atoms with van der Waals surface area (Å²) in [6, 6.07) is 8.90. The molecule has 0 saturated carbocycles. The van der Waals surface area contributed by atoms with Crippen LogP contribution in [0.4, 0.5) is 21.8 Å². The number of H-pyrrole nitrogens is 2. The number of aromatic nitrogens is 5. The number of hydrogen-bond donors (Lipinski definition) is 3. The molecule has 8 nitrogen and oxygen atoms in total. The summed E-state index contributed by atoms with van der Waals surface area (Å²) in [5, 5.41) is 10.7. The van der Waals surface area contributed by atoms with Gasteiger partial charge in [-0.15, -0.1) is 0 Å². The molecule has 1 fully saturated rings. The maximum absolute atomic E-state index is 14.9. The second-order valence-corrected chi connectivity index (χ2v) is 7.19. The maximum atomic E-state index is 14.9. The van der Waals surface area contributed by atoms with Crippen molar-refractivity contribution in [1.82, 2.24) is 25.1 Å². The Morgan fingerprint density at radius 1 is 1.07 bits per heavy atom. The Morgan fingerprint density at radius 3 is 2.66 bits per heavy atom. The van der Waals surface area contributed by atoms with Crippen LogP contribution in [0.25, 0.3) is 10.9 Å². The summed E-state index contributed by atoms with van der Waals surface area (Å²) >= 11 is 0. The number of nitrogens with one attached hydrogen (secondary N) is 3. The van der Waals surface area contributed by atoms with Crippen molar-refractivity contribution in [2.24, 2.45) is 0 Å². The fourth-order valence-electron chi connectivity index (χ4n) is 3.31. The Labute approximate surface area is 166 Å². The zero-order valence-electron chi connectivity index (χ0n) is 16.1. The number of aryl methyl sites for hydroxylation is 2. The second kappa shape index (κ2) is 6.77. The van der Waals surface area contributed by atoms with E-state index < -0.39 is 5.82 Å². The largest absolute Gasteiger partial charge is 0.421 e. The van der Waals surface area contributed by atoms with Crippen molar-refractivity contribution in [1.29, 1.82) is 0 Å². The molecule has 0 radical (unpaired) electrons. The molecule has 148 valence electrons. The molecule has 3 aromatic heterocycles. The average molecular weight is 393 g/mol. The van der Waals surface area contributed by atoms with Gasteiger partial charge >= 0.3 is 6.01 Å². The van der Waals surface area contributed by atoms with Crippen molar-refractivity contribution in [3.63, 3.8) is 0 Å². The number of fused-ring (bicyclic) bond motifs is 1. The lowest BCUT2D eigenvalue weighted by atomic mass is 10.2. The summed E-state index contributed by atoms with van der Waals surface area (Å²) in [5.74, 6) is 1.54. The Balaban J connectivity index is 1.50. The van der Waals surface area contributed by atoms with Crippen LogP contribution in [0.5, 0.6) is 11.8 Å². The van der Waals surface area contributed by atoms with Crippen LogP contribution in [0.3, 0.4) is 0 Å². The second-order valence-electron chi connectivity index (χ2n) is 7.19. The fourth-order valence-corrected chi connectivity index (χ4v) is 3.31. The molecule has 0 unspecified atom stereocenters. The van der Waals surface area contributed by atoms with E-state index in [0.717, 1.165) is 42.2 Å². The van der Waals surface area contributed by atoms with E-state index in [1.165, 1.54) is 0 Å². The van der Waals surface area contributed by atoms with Gasteiger partial charge in [-0.3, -0.25) is 5.10 Å². The molecule has 3 N–H and O–H groups in total. The third-order valence-corrected chi connectivity index (χ3v) is 4.87. The lowest BCUT2D eigenvalue weighted by Crippen LogP contribution is -2.37. The van der Waals surface area contributed by atoms with E-state index in [0.29, 0.717) is 17.0 Å². The molecule has 5 rings (SSSR count). The third kappa shape index (κ3) is 3.35. The molecular weight excluding hydrogens is 373 g/mol. The molecule has 0 atom stereocenters. The maximum Gasteiger partial charge on any atom is 0.326 e. The van der Waals surface area contributed by atoms with Crippen molar-refractivity contribution >= 4 is 28.4 Å². The molecule has 9 heteroatoms. The summed E-state index contributed by atoms with van der Waals surface area (Å²) in [4.78, 5) is 14.1. The summed E-state index contributed by atoms with van der Waals surface area (Å²) in [6.07, 6.45) is 1.11. The minimum absolute atomic E-state index is 0.0784. The van der Waals surface area contributed by atoms with Gasteiger partial charge in [0, 0.05) is 47.5 Å². The van der Waals surface area contributed by atoms with Crippen molar-refractivity contribution < 1.29 is 9.13 Å². The minimum atomic E-state index is -0.442. The molecule has 0 bridgehead atoms. The van der Waals surface area contributed by atoms with Crippen molar-refractivity contribution in [3.8, 4) is 11.8 Å². The molecule has 29 heavy (non-hydrogen) atoms. The first-order valence-corrected chi connectivity index (χ1v) is 9.44. The van der Waals surface area contributed by atoms with Crippen molar-refractivity contribution in [2.75, 3.05) is 23.3 Å². The predicted octanol–water partition coefficient (Wildman–Crippen LogP) is 4.18. The SMILES string of the molecule is Cc1cc(Nc2cc(N3CCC3)nc(Oc3ccc4[nH]c(C)cc4c3F)n2)n[nH]1. The van der Waals surface area contributed by atoms with Crippen LogP contribution in [0.2, 0.25) is 0 Å². The summed E-state index contributed by atoms with van der Waals surface area (Å²) < 4.78 is 20.7. The number of anilines is 3. The monoisotopic (exact) mass is 393 g/mol. The molecule has 1 aliphatic rings. The van der Waals surface area contributed by atoms with Gasteiger partial charge in [0.2, 0.25) is 0 Å². The highest BCUT2D eigenvalue weighted by atomic mass is 19.1. The predicted molar refractivity (Wildman–Crippen MR) is 109 cm³/mol. The molecule has 0 spiro atoms. The van der Waals surface area contributed by atoms with E-state index >= 15 is 0 Å². The molecular formula is C20H20FN7O. The number of aromatic amines is 2. The Bertz CT molecular complexity index is 1190. The van der Waals surface area contributed by atoms with E-state index in [1.54, 1.807) is 18.2 Å². The highest BCUT2D eigenvalue weighted by molar-refractivity contribution is 5.82. The molecule has 0 aliphatic carbocycles. The van der Waals surface area contributed by atoms with Crippen LogP contribution in [-0.2, 0) is 0 Å². The molecule has 1 aliphatic heterocycles. The smallest absolute Gasteiger partial charge is 0.326 e. The highest BCUT2D eigenvalue weighted by Gasteiger charge is 2.20. The molecule has 0 amide bonds. The van der Waals surface area contributed by atoms with Gasteiger partial charge in [-0.25, -0.2) is 4.39 Å². The first-order valence-electron chi connectivity index (χ1n) is 9.44. The van der Waals surface area contributed by atoms with Gasteiger partial charge < -0.3 is 19.9 Å². The van der Waals surface area contributed by atoms with E-state index in [2.05, 4.69) is 35.4 Å². The first-order chi connectivity index (χ1) is 14.0.